The Morgan fingerprint density at radius 1 is 1.04 bits per heavy atom. The molecule has 4 heteroatoms. The van der Waals surface area contributed by atoms with Crippen LogP contribution in [0.25, 0.3) is 0 Å². The van der Waals surface area contributed by atoms with Gasteiger partial charge in [-0.1, -0.05) is 16.5 Å². The summed E-state index contributed by atoms with van der Waals surface area (Å²) in [4.78, 5) is 0. The first-order valence-electron chi connectivity index (χ1n) is 7.58. The van der Waals surface area contributed by atoms with E-state index in [1.165, 1.54) is 0 Å². The van der Waals surface area contributed by atoms with Gasteiger partial charge in [0.1, 0.15) is 27.6 Å². The number of nitrogens with zero attached hydrogens (tertiary/aromatic N) is 1. The molecule has 1 unspecified atom stereocenters. The SMILES string of the molecule is C/C(=N/[S+]([O-])C(C)(C)C)c1ccc(Oc2cccc(C)c2)cc1. The van der Waals surface area contributed by atoms with E-state index in [4.69, 9.17) is 4.74 Å². The lowest BCUT2D eigenvalue weighted by Gasteiger charge is -2.18. The second-order valence-corrected chi connectivity index (χ2v) is 8.39. The second kappa shape index (κ2) is 7.20. The van der Waals surface area contributed by atoms with Crippen molar-refractivity contribution in [3.8, 4) is 11.5 Å². The van der Waals surface area contributed by atoms with Gasteiger partial charge in [0.05, 0.1) is 5.71 Å². The summed E-state index contributed by atoms with van der Waals surface area (Å²) >= 11 is -1.25. The highest BCUT2D eigenvalue weighted by molar-refractivity contribution is 7.91. The molecule has 0 aliphatic heterocycles. The molecule has 2 rings (SSSR count). The van der Waals surface area contributed by atoms with Crippen molar-refractivity contribution in [1.82, 2.24) is 0 Å². The lowest BCUT2D eigenvalue weighted by atomic mass is 10.1. The Morgan fingerprint density at radius 2 is 1.70 bits per heavy atom. The van der Waals surface area contributed by atoms with Crippen molar-refractivity contribution < 1.29 is 9.29 Å². The maximum atomic E-state index is 12.1. The van der Waals surface area contributed by atoms with Gasteiger partial charge in [0, 0.05) is 5.56 Å². The van der Waals surface area contributed by atoms with Crippen LogP contribution in [0.4, 0.5) is 0 Å². The molecule has 0 aliphatic carbocycles. The van der Waals surface area contributed by atoms with E-state index in [1.807, 2.05) is 83.1 Å². The van der Waals surface area contributed by atoms with Crippen molar-refractivity contribution >= 4 is 17.1 Å². The van der Waals surface area contributed by atoms with Gasteiger partial charge < -0.3 is 9.29 Å². The average Bonchev–Trinajstić information content (AvgIpc) is 2.47. The normalized spacial score (nSPS) is 13.7. The van der Waals surface area contributed by atoms with Gasteiger partial charge in [-0.15, -0.1) is 0 Å². The number of ether oxygens (including phenoxy) is 1. The van der Waals surface area contributed by atoms with E-state index < -0.39 is 11.4 Å². The van der Waals surface area contributed by atoms with Crippen molar-refractivity contribution in [2.24, 2.45) is 4.40 Å². The van der Waals surface area contributed by atoms with Gasteiger partial charge >= 0.3 is 0 Å². The minimum Gasteiger partial charge on any atom is -0.591 e. The van der Waals surface area contributed by atoms with E-state index in [1.54, 1.807) is 0 Å². The lowest BCUT2D eigenvalue weighted by molar-refractivity contribution is 0.482. The molecule has 2 aromatic rings. The summed E-state index contributed by atoms with van der Waals surface area (Å²) in [5.41, 5.74) is 2.87. The van der Waals surface area contributed by atoms with E-state index >= 15 is 0 Å². The Kier molecular flexibility index (Phi) is 5.50. The highest BCUT2D eigenvalue weighted by Crippen LogP contribution is 2.23. The third kappa shape index (κ3) is 5.12. The minimum absolute atomic E-state index is 0.352. The standard InChI is InChI=1S/C19H23NO2S/c1-14-7-6-8-18(13-14)22-17-11-9-16(10-12-17)15(2)20-23(21)19(3,4)5/h6-13H,1-5H3/b20-15-. The zero-order valence-electron chi connectivity index (χ0n) is 14.3. The summed E-state index contributed by atoms with van der Waals surface area (Å²) in [5.74, 6) is 1.58. The molecule has 0 aromatic heterocycles. The highest BCUT2D eigenvalue weighted by atomic mass is 32.2. The van der Waals surface area contributed by atoms with E-state index in [9.17, 15) is 4.55 Å². The van der Waals surface area contributed by atoms with E-state index in [0.717, 1.165) is 28.3 Å². The van der Waals surface area contributed by atoms with Crippen LogP contribution < -0.4 is 4.74 Å². The first-order chi connectivity index (χ1) is 10.8. The maximum absolute atomic E-state index is 12.1. The van der Waals surface area contributed by atoms with Crippen molar-refractivity contribution in [3.63, 3.8) is 0 Å². The smallest absolute Gasteiger partial charge is 0.144 e. The Balaban J connectivity index is 2.11. The number of rotatable bonds is 4. The minimum atomic E-state index is -1.25. The van der Waals surface area contributed by atoms with Crippen molar-refractivity contribution in [2.45, 2.75) is 39.4 Å². The molecule has 23 heavy (non-hydrogen) atoms. The highest BCUT2D eigenvalue weighted by Gasteiger charge is 2.26. The first kappa shape index (κ1) is 17.6. The first-order valence-corrected chi connectivity index (χ1v) is 8.68. The molecule has 0 spiro atoms. The molecule has 0 radical (unpaired) electrons. The van der Waals surface area contributed by atoms with E-state index in [2.05, 4.69) is 4.40 Å². The molecule has 2 aromatic carbocycles. The molecule has 0 amide bonds. The zero-order chi connectivity index (χ0) is 17.0. The Hall–Kier alpha value is -1.78. The summed E-state index contributed by atoms with van der Waals surface area (Å²) in [6, 6.07) is 15.6. The summed E-state index contributed by atoms with van der Waals surface area (Å²) < 4.78 is 21.9. The Bertz CT molecular complexity index is 687. The molecule has 0 fully saturated rings. The molecule has 0 N–H and O–H groups in total. The molecule has 0 saturated heterocycles. The van der Waals surface area contributed by atoms with Crippen molar-refractivity contribution in [3.05, 3.63) is 59.7 Å². The van der Waals surface area contributed by atoms with Crippen LogP contribution in [0, 0.1) is 6.92 Å². The monoisotopic (exact) mass is 329 g/mol. The molecule has 0 heterocycles. The van der Waals surface area contributed by atoms with Gasteiger partial charge in [0.15, 0.2) is 0 Å². The third-order valence-corrected chi connectivity index (χ3v) is 4.73. The van der Waals surface area contributed by atoms with E-state index in [-0.39, 0.29) is 4.75 Å². The van der Waals surface area contributed by atoms with Crippen LogP contribution in [0.15, 0.2) is 52.9 Å². The van der Waals surface area contributed by atoms with Gasteiger partial charge in [-0.3, -0.25) is 0 Å². The van der Waals surface area contributed by atoms with Crippen LogP contribution in [0.3, 0.4) is 0 Å². The molecular weight excluding hydrogens is 306 g/mol. The third-order valence-electron chi connectivity index (χ3n) is 3.24. The molecule has 0 bridgehead atoms. The van der Waals surface area contributed by atoms with Crippen LogP contribution in [0.5, 0.6) is 11.5 Å². The fourth-order valence-electron chi connectivity index (χ4n) is 1.89. The van der Waals surface area contributed by atoms with Crippen LogP contribution in [-0.4, -0.2) is 15.0 Å². The van der Waals surface area contributed by atoms with Gasteiger partial charge in [0.2, 0.25) is 0 Å². The quantitative estimate of drug-likeness (QED) is 0.581. The molecule has 0 aliphatic rings. The summed E-state index contributed by atoms with van der Waals surface area (Å²) in [6.07, 6.45) is 0. The largest absolute Gasteiger partial charge is 0.591 e. The summed E-state index contributed by atoms with van der Waals surface area (Å²) in [5, 5.41) is 0. The van der Waals surface area contributed by atoms with Crippen molar-refractivity contribution in [1.29, 1.82) is 0 Å². The van der Waals surface area contributed by atoms with Crippen LogP contribution >= 0.6 is 0 Å². The Labute approximate surface area is 141 Å². The predicted octanol–water partition coefficient (Wildman–Crippen LogP) is 5.06. The average molecular weight is 329 g/mol. The topological polar surface area (TPSA) is 44.7 Å². The number of hydrogen-bond donors (Lipinski definition) is 0. The molecule has 3 nitrogen and oxygen atoms in total. The predicted molar refractivity (Wildman–Crippen MR) is 97.8 cm³/mol. The molecular formula is C19H23NO2S. The van der Waals surface area contributed by atoms with Gasteiger partial charge in [-0.25, -0.2) is 0 Å². The summed E-state index contributed by atoms with van der Waals surface area (Å²) in [6.45, 7) is 9.65. The fourth-order valence-corrected chi connectivity index (χ4v) is 2.52. The lowest BCUT2D eigenvalue weighted by Crippen LogP contribution is -2.26. The summed E-state index contributed by atoms with van der Waals surface area (Å²) in [7, 11) is 0. The van der Waals surface area contributed by atoms with Gasteiger partial charge in [-0.05, 0) is 76.6 Å². The molecule has 0 saturated carbocycles. The number of benzene rings is 2. The molecule has 1 atom stereocenters. The van der Waals surface area contributed by atoms with Gasteiger partial charge in [-0.2, -0.15) is 0 Å². The van der Waals surface area contributed by atoms with Crippen molar-refractivity contribution in [2.75, 3.05) is 0 Å². The van der Waals surface area contributed by atoms with Crippen LogP contribution in [0.1, 0.15) is 38.8 Å². The number of hydrogen-bond acceptors (Lipinski definition) is 3. The fraction of sp³-hybridized carbons (Fsp3) is 0.316. The van der Waals surface area contributed by atoms with Gasteiger partial charge in [0.25, 0.3) is 0 Å². The molecule has 122 valence electrons. The number of aryl methyl sites for hydroxylation is 1. The Morgan fingerprint density at radius 3 is 2.26 bits per heavy atom. The van der Waals surface area contributed by atoms with Crippen LogP contribution in [-0.2, 0) is 11.4 Å². The van der Waals surface area contributed by atoms with E-state index in [0.29, 0.717) is 0 Å². The van der Waals surface area contributed by atoms with Crippen LogP contribution in [0.2, 0.25) is 0 Å². The zero-order valence-corrected chi connectivity index (χ0v) is 15.1. The maximum Gasteiger partial charge on any atom is 0.144 e. The second-order valence-electron chi connectivity index (χ2n) is 6.48.